The second-order valence-corrected chi connectivity index (χ2v) is 8.15. The van der Waals surface area contributed by atoms with Crippen molar-refractivity contribution in [2.75, 3.05) is 27.3 Å². The summed E-state index contributed by atoms with van der Waals surface area (Å²) in [4.78, 5) is 14.9. The van der Waals surface area contributed by atoms with Gasteiger partial charge in [-0.2, -0.15) is 0 Å². The van der Waals surface area contributed by atoms with Gasteiger partial charge in [0.15, 0.2) is 0 Å². The molecule has 0 aromatic heterocycles. The lowest BCUT2D eigenvalue weighted by atomic mass is 9.83. The van der Waals surface area contributed by atoms with Gasteiger partial charge in [0.25, 0.3) is 0 Å². The van der Waals surface area contributed by atoms with Gasteiger partial charge in [-0.3, -0.25) is 15.0 Å². The minimum absolute atomic E-state index is 0.0346. The molecule has 0 spiro atoms. The van der Waals surface area contributed by atoms with Crippen LogP contribution in [0.1, 0.15) is 22.6 Å². The van der Waals surface area contributed by atoms with E-state index in [4.69, 9.17) is 9.47 Å². The molecule has 0 bridgehead atoms. The Kier molecular flexibility index (Phi) is 7.20. The summed E-state index contributed by atoms with van der Waals surface area (Å²) in [5.41, 5.74) is 3.55. The Morgan fingerprint density at radius 3 is 2.09 bits per heavy atom. The maximum atomic E-state index is 12.6. The van der Waals surface area contributed by atoms with Crippen molar-refractivity contribution in [1.82, 2.24) is 10.2 Å². The quantitative estimate of drug-likeness (QED) is 0.577. The largest absolute Gasteiger partial charge is 0.496 e. The summed E-state index contributed by atoms with van der Waals surface area (Å²) in [6, 6.07) is 28.7. The van der Waals surface area contributed by atoms with Crippen LogP contribution < -0.4 is 10.1 Å². The molecule has 1 saturated heterocycles. The highest BCUT2D eigenvalue weighted by Gasteiger charge is 2.36. The van der Waals surface area contributed by atoms with Crippen molar-refractivity contribution >= 4 is 5.97 Å². The molecule has 5 heteroatoms. The minimum Gasteiger partial charge on any atom is -0.496 e. The van der Waals surface area contributed by atoms with Gasteiger partial charge >= 0.3 is 5.97 Å². The highest BCUT2D eigenvalue weighted by molar-refractivity contribution is 5.76. The van der Waals surface area contributed by atoms with E-state index >= 15 is 0 Å². The minimum atomic E-state index is -0.400. The molecule has 3 aromatic rings. The number of methoxy groups -OCH3 is 2. The molecule has 2 atom stereocenters. The second kappa shape index (κ2) is 10.4. The highest BCUT2D eigenvalue weighted by Crippen LogP contribution is 2.31. The number of para-hydroxylation sites is 1. The summed E-state index contributed by atoms with van der Waals surface area (Å²) in [6.45, 7) is 2.07. The Morgan fingerprint density at radius 2 is 1.50 bits per heavy atom. The molecule has 1 N–H and O–H groups in total. The Morgan fingerprint density at radius 1 is 0.906 bits per heavy atom. The van der Waals surface area contributed by atoms with Crippen molar-refractivity contribution in [3.8, 4) is 5.75 Å². The molecule has 0 saturated carbocycles. The summed E-state index contributed by atoms with van der Waals surface area (Å²) >= 11 is 0. The van der Waals surface area contributed by atoms with Crippen LogP contribution in [0.4, 0.5) is 0 Å². The number of carbonyl (C=O) groups is 1. The van der Waals surface area contributed by atoms with E-state index in [1.807, 2.05) is 30.3 Å². The number of carbonyl (C=O) groups excluding carboxylic acids is 1. The van der Waals surface area contributed by atoms with Crippen molar-refractivity contribution in [3.63, 3.8) is 0 Å². The average Bonchev–Trinajstić information content (AvgIpc) is 2.85. The Bertz CT molecular complexity index is 970. The van der Waals surface area contributed by atoms with Crippen molar-refractivity contribution in [2.45, 2.75) is 24.5 Å². The smallest absolute Gasteiger partial charge is 0.324 e. The first-order chi connectivity index (χ1) is 15.7. The summed E-state index contributed by atoms with van der Waals surface area (Å²) < 4.78 is 10.7. The fourth-order valence-electron chi connectivity index (χ4n) is 4.64. The zero-order chi connectivity index (χ0) is 22.3. The van der Waals surface area contributed by atoms with Crippen LogP contribution in [0.15, 0.2) is 84.9 Å². The fourth-order valence-corrected chi connectivity index (χ4v) is 4.64. The van der Waals surface area contributed by atoms with E-state index in [0.717, 1.165) is 17.9 Å². The number of hydrogen-bond acceptors (Lipinski definition) is 5. The van der Waals surface area contributed by atoms with Gasteiger partial charge in [0, 0.05) is 37.2 Å². The van der Waals surface area contributed by atoms with E-state index in [1.165, 1.54) is 18.2 Å². The van der Waals surface area contributed by atoms with Crippen molar-refractivity contribution in [1.29, 1.82) is 0 Å². The molecule has 4 rings (SSSR count). The van der Waals surface area contributed by atoms with E-state index in [0.29, 0.717) is 13.1 Å². The van der Waals surface area contributed by atoms with Gasteiger partial charge in [-0.1, -0.05) is 78.9 Å². The first-order valence-electron chi connectivity index (χ1n) is 11.0. The van der Waals surface area contributed by atoms with Gasteiger partial charge in [0.2, 0.25) is 0 Å². The fraction of sp³-hybridized carbons (Fsp3) is 0.296. The molecule has 1 heterocycles. The van der Waals surface area contributed by atoms with E-state index < -0.39 is 6.04 Å². The van der Waals surface area contributed by atoms with E-state index in [1.54, 1.807) is 7.11 Å². The summed E-state index contributed by atoms with van der Waals surface area (Å²) in [5.74, 6) is 0.726. The van der Waals surface area contributed by atoms with Crippen molar-refractivity contribution in [2.24, 2.45) is 0 Å². The third-order valence-corrected chi connectivity index (χ3v) is 6.10. The van der Waals surface area contributed by atoms with Gasteiger partial charge in [0.1, 0.15) is 11.8 Å². The normalized spacial score (nSPS) is 19.0. The van der Waals surface area contributed by atoms with Gasteiger partial charge in [-0.25, -0.2) is 0 Å². The highest BCUT2D eigenvalue weighted by atomic mass is 16.5. The van der Waals surface area contributed by atoms with E-state index in [-0.39, 0.29) is 17.9 Å². The summed E-state index contributed by atoms with van der Waals surface area (Å²) in [7, 11) is 3.14. The lowest BCUT2D eigenvalue weighted by molar-refractivity contribution is -0.145. The molecule has 3 aromatic carbocycles. The van der Waals surface area contributed by atoms with Crippen molar-refractivity contribution in [3.05, 3.63) is 102 Å². The number of esters is 1. The average molecular weight is 431 g/mol. The molecule has 5 nitrogen and oxygen atoms in total. The first kappa shape index (κ1) is 22.1. The monoisotopic (exact) mass is 430 g/mol. The summed E-state index contributed by atoms with van der Waals surface area (Å²) in [6.07, 6.45) is 0. The zero-order valence-corrected chi connectivity index (χ0v) is 18.6. The van der Waals surface area contributed by atoms with Crippen LogP contribution in [0.2, 0.25) is 0 Å². The molecule has 32 heavy (non-hydrogen) atoms. The molecule has 1 fully saturated rings. The van der Waals surface area contributed by atoms with Crippen molar-refractivity contribution < 1.29 is 14.3 Å². The lowest BCUT2D eigenvalue weighted by Crippen LogP contribution is -2.61. The van der Waals surface area contributed by atoms with Crippen LogP contribution in [-0.4, -0.2) is 50.3 Å². The molecule has 1 aliphatic rings. The van der Waals surface area contributed by atoms with Gasteiger partial charge < -0.3 is 9.47 Å². The Balaban J connectivity index is 1.67. The number of hydrogen-bond donors (Lipinski definition) is 1. The van der Waals surface area contributed by atoms with Gasteiger partial charge in [-0.15, -0.1) is 0 Å². The molecular formula is C27H30N2O3. The van der Waals surface area contributed by atoms with E-state index in [2.05, 4.69) is 64.8 Å². The van der Waals surface area contributed by atoms with Crippen LogP contribution in [0, 0.1) is 0 Å². The number of rotatable bonds is 7. The lowest BCUT2D eigenvalue weighted by Gasteiger charge is -2.41. The van der Waals surface area contributed by atoms with Crippen LogP contribution in [0.3, 0.4) is 0 Å². The number of ether oxygens (including phenoxy) is 2. The topological polar surface area (TPSA) is 50.8 Å². The molecular weight excluding hydrogens is 400 g/mol. The van der Waals surface area contributed by atoms with Gasteiger partial charge in [-0.05, 0) is 17.2 Å². The standard InChI is InChI=1S/C27H30N2O3/c1-31-25-16-10-9-15-22(25)17-29-18-23(28-24(19-29)27(30)32-2)26(20-11-5-3-6-12-20)21-13-7-4-8-14-21/h3-16,23-24,26,28H,17-19H2,1-2H3/t23?,24-/m1/s1. The third-order valence-electron chi connectivity index (χ3n) is 6.10. The first-order valence-corrected chi connectivity index (χ1v) is 11.0. The number of nitrogens with one attached hydrogen (secondary N) is 1. The van der Waals surface area contributed by atoms with E-state index in [9.17, 15) is 4.79 Å². The predicted molar refractivity (Wildman–Crippen MR) is 126 cm³/mol. The molecule has 1 unspecified atom stereocenters. The maximum absolute atomic E-state index is 12.6. The molecule has 0 amide bonds. The molecule has 166 valence electrons. The third kappa shape index (κ3) is 5.01. The number of benzene rings is 3. The predicted octanol–water partition coefficient (Wildman–Crippen LogP) is 3.84. The molecule has 0 radical (unpaired) electrons. The Labute approximate surface area is 190 Å². The maximum Gasteiger partial charge on any atom is 0.324 e. The zero-order valence-electron chi connectivity index (χ0n) is 18.6. The number of nitrogens with zero attached hydrogens (tertiary/aromatic N) is 1. The second-order valence-electron chi connectivity index (χ2n) is 8.15. The van der Waals surface area contributed by atoms with Gasteiger partial charge in [0.05, 0.1) is 14.2 Å². The SMILES string of the molecule is COC(=O)[C@H]1CN(Cc2ccccc2OC)CC(C(c2ccccc2)c2ccccc2)N1. The van der Waals surface area contributed by atoms with Crippen LogP contribution in [-0.2, 0) is 16.1 Å². The van der Waals surface area contributed by atoms with Crippen LogP contribution in [0.5, 0.6) is 5.75 Å². The van der Waals surface area contributed by atoms with Crippen LogP contribution >= 0.6 is 0 Å². The molecule has 1 aliphatic heterocycles. The summed E-state index contributed by atoms with van der Waals surface area (Å²) in [5, 5.41) is 3.60. The molecule has 0 aliphatic carbocycles. The Hall–Kier alpha value is -3.15. The van der Waals surface area contributed by atoms with Crippen LogP contribution in [0.25, 0.3) is 0 Å². The number of piperazine rings is 1.